The van der Waals surface area contributed by atoms with Crippen molar-refractivity contribution in [3.05, 3.63) is 101 Å². The molecule has 0 spiro atoms. The number of amides is 2. The molecule has 6 nitrogen and oxygen atoms in total. The van der Waals surface area contributed by atoms with E-state index in [2.05, 4.69) is 10.6 Å². The number of carbonyl (C=O) groups excluding carboxylic acids is 3. The number of hydrogen-bond acceptors (Lipinski definition) is 4. The number of alkyl halides is 3. The number of methoxy groups -OCH3 is 1. The summed E-state index contributed by atoms with van der Waals surface area (Å²) in [4.78, 5) is 39.2. The Morgan fingerprint density at radius 1 is 0.825 bits per heavy atom. The van der Waals surface area contributed by atoms with Crippen LogP contribution >= 0.6 is 11.6 Å². The van der Waals surface area contributed by atoms with E-state index in [1.807, 2.05) is 0 Å². The van der Waals surface area contributed by atoms with Gasteiger partial charge in [0.2, 0.25) is 11.8 Å². The van der Waals surface area contributed by atoms with Crippen LogP contribution in [0.15, 0.2) is 78.9 Å². The molecular formula is C30H30ClF3N2O4. The second-order valence-corrected chi connectivity index (χ2v) is 10.0. The van der Waals surface area contributed by atoms with Crippen molar-refractivity contribution in [1.29, 1.82) is 0 Å². The standard InChI is InChI=1S/C30H30ClF3N2O4/c1-18(2)25(27(37)30(32,33)34)35-29(39)26(21-7-5-4-6-8-21)36-28(38)24(17-19-9-13-22(31)14-10-19)20-11-15-23(40-3)16-12-20/h4-16,18,24-26H,17H2,1-3H3,(H,35,39)(H,36,38)/t24-,25+,26?/m1/s1. The fourth-order valence-corrected chi connectivity index (χ4v) is 4.32. The van der Waals surface area contributed by atoms with Crippen molar-refractivity contribution < 1.29 is 32.3 Å². The van der Waals surface area contributed by atoms with Crippen molar-refractivity contribution in [2.24, 2.45) is 5.92 Å². The van der Waals surface area contributed by atoms with Crippen molar-refractivity contribution in [2.75, 3.05) is 7.11 Å². The zero-order chi connectivity index (χ0) is 29.4. The summed E-state index contributed by atoms with van der Waals surface area (Å²) in [6.45, 7) is 2.80. The quantitative estimate of drug-likeness (QED) is 0.303. The zero-order valence-corrected chi connectivity index (χ0v) is 22.9. The van der Waals surface area contributed by atoms with Crippen LogP contribution in [0.2, 0.25) is 5.02 Å². The molecule has 0 saturated carbocycles. The summed E-state index contributed by atoms with van der Waals surface area (Å²) in [5, 5.41) is 5.47. The third-order valence-corrected chi connectivity index (χ3v) is 6.65. The van der Waals surface area contributed by atoms with E-state index in [4.69, 9.17) is 16.3 Å². The minimum Gasteiger partial charge on any atom is -0.497 e. The number of nitrogens with one attached hydrogen (secondary N) is 2. The Hall–Kier alpha value is -3.85. The van der Waals surface area contributed by atoms with Crippen molar-refractivity contribution in [3.63, 3.8) is 0 Å². The predicted molar refractivity (Wildman–Crippen MR) is 146 cm³/mol. The van der Waals surface area contributed by atoms with Crippen LogP contribution in [0.1, 0.15) is 42.5 Å². The maximum Gasteiger partial charge on any atom is 0.452 e. The Kier molecular flexibility index (Phi) is 10.3. The van der Waals surface area contributed by atoms with Gasteiger partial charge < -0.3 is 15.4 Å². The molecule has 0 bridgehead atoms. The summed E-state index contributed by atoms with van der Waals surface area (Å²) in [6.07, 6.45) is -4.88. The highest BCUT2D eigenvalue weighted by atomic mass is 35.5. The molecule has 3 atom stereocenters. The van der Waals surface area contributed by atoms with E-state index in [1.165, 1.54) is 21.0 Å². The Bertz CT molecular complexity index is 1300. The van der Waals surface area contributed by atoms with E-state index in [0.29, 0.717) is 21.9 Å². The summed E-state index contributed by atoms with van der Waals surface area (Å²) in [5.41, 5.74) is 1.78. The van der Waals surface area contributed by atoms with Crippen LogP contribution in [0, 0.1) is 5.92 Å². The molecule has 40 heavy (non-hydrogen) atoms. The van der Waals surface area contributed by atoms with Gasteiger partial charge in [0.1, 0.15) is 11.8 Å². The van der Waals surface area contributed by atoms with Crippen LogP contribution < -0.4 is 15.4 Å². The van der Waals surface area contributed by atoms with E-state index in [1.54, 1.807) is 78.9 Å². The number of benzene rings is 3. The lowest BCUT2D eigenvalue weighted by Crippen LogP contribution is -2.53. The van der Waals surface area contributed by atoms with E-state index >= 15 is 0 Å². The number of Topliss-reactive ketones (excluding diaryl/α,β-unsaturated/α-hetero) is 1. The Labute approximate surface area is 235 Å². The zero-order valence-electron chi connectivity index (χ0n) is 22.2. The largest absolute Gasteiger partial charge is 0.497 e. The van der Waals surface area contributed by atoms with Gasteiger partial charge in [-0.1, -0.05) is 80.0 Å². The van der Waals surface area contributed by atoms with Crippen LogP contribution in [0.5, 0.6) is 5.75 Å². The van der Waals surface area contributed by atoms with Gasteiger partial charge in [-0.25, -0.2) is 0 Å². The highest BCUT2D eigenvalue weighted by Crippen LogP contribution is 2.27. The highest BCUT2D eigenvalue weighted by Gasteiger charge is 2.45. The van der Waals surface area contributed by atoms with E-state index in [0.717, 1.165) is 5.56 Å². The summed E-state index contributed by atoms with van der Waals surface area (Å²) in [7, 11) is 1.52. The smallest absolute Gasteiger partial charge is 0.452 e. The molecule has 0 aliphatic heterocycles. The molecule has 2 amide bonds. The minimum atomic E-state index is -5.13. The molecule has 3 aromatic carbocycles. The average Bonchev–Trinajstić information content (AvgIpc) is 2.93. The molecule has 212 valence electrons. The molecule has 2 N–H and O–H groups in total. The third kappa shape index (κ3) is 8.08. The molecule has 0 aliphatic rings. The first-order valence-corrected chi connectivity index (χ1v) is 12.9. The van der Waals surface area contributed by atoms with Gasteiger partial charge in [0.05, 0.1) is 19.1 Å². The maximum atomic E-state index is 13.8. The van der Waals surface area contributed by atoms with Gasteiger partial charge in [0.25, 0.3) is 5.78 Å². The first-order valence-electron chi connectivity index (χ1n) is 12.6. The maximum absolute atomic E-state index is 13.8. The molecule has 1 unspecified atom stereocenters. The molecule has 0 heterocycles. The molecule has 3 rings (SSSR count). The van der Waals surface area contributed by atoms with Crippen molar-refractivity contribution in [1.82, 2.24) is 10.6 Å². The Morgan fingerprint density at radius 3 is 1.95 bits per heavy atom. The normalized spacial score (nSPS) is 13.7. The molecular weight excluding hydrogens is 545 g/mol. The van der Waals surface area contributed by atoms with Crippen LogP contribution in [-0.2, 0) is 20.8 Å². The lowest BCUT2D eigenvalue weighted by Gasteiger charge is -2.27. The van der Waals surface area contributed by atoms with Crippen LogP contribution in [0.25, 0.3) is 0 Å². The van der Waals surface area contributed by atoms with Gasteiger partial charge in [0, 0.05) is 5.02 Å². The van der Waals surface area contributed by atoms with Crippen molar-refractivity contribution in [3.8, 4) is 5.75 Å². The fourth-order valence-electron chi connectivity index (χ4n) is 4.19. The number of ketones is 1. The third-order valence-electron chi connectivity index (χ3n) is 6.40. The van der Waals surface area contributed by atoms with E-state index < -0.39 is 47.7 Å². The number of carbonyl (C=O) groups is 3. The molecule has 10 heteroatoms. The number of hydrogen-bond donors (Lipinski definition) is 2. The molecule has 0 radical (unpaired) electrons. The van der Waals surface area contributed by atoms with Crippen molar-refractivity contribution >= 4 is 29.2 Å². The Balaban J connectivity index is 1.95. The highest BCUT2D eigenvalue weighted by molar-refractivity contribution is 6.30. The van der Waals surface area contributed by atoms with Crippen LogP contribution in [-0.4, -0.2) is 36.9 Å². The molecule has 0 saturated heterocycles. The summed E-state index contributed by atoms with van der Waals surface area (Å²) < 4.78 is 44.9. The number of halogens is 4. The minimum absolute atomic E-state index is 0.250. The van der Waals surface area contributed by atoms with Gasteiger partial charge in [-0.3, -0.25) is 14.4 Å². The van der Waals surface area contributed by atoms with Gasteiger partial charge >= 0.3 is 6.18 Å². The first kappa shape index (κ1) is 30.7. The molecule has 0 fully saturated rings. The van der Waals surface area contributed by atoms with E-state index in [9.17, 15) is 27.6 Å². The second kappa shape index (κ2) is 13.5. The summed E-state index contributed by atoms with van der Waals surface area (Å²) in [6, 6.07) is 18.8. The number of rotatable bonds is 11. The lowest BCUT2D eigenvalue weighted by atomic mass is 9.90. The van der Waals surface area contributed by atoms with E-state index in [-0.39, 0.29) is 6.42 Å². The fraction of sp³-hybridized carbons (Fsp3) is 0.300. The summed E-state index contributed by atoms with van der Waals surface area (Å²) in [5.74, 6) is -4.56. The molecule has 0 aliphatic carbocycles. The molecule has 0 aromatic heterocycles. The van der Waals surface area contributed by atoms with Crippen LogP contribution in [0.4, 0.5) is 13.2 Å². The van der Waals surface area contributed by atoms with Gasteiger partial charge in [-0.2, -0.15) is 13.2 Å². The monoisotopic (exact) mass is 574 g/mol. The van der Waals surface area contributed by atoms with Gasteiger partial charge in [0.15, 0.2) is 0 Å². The van der Waals surface area contributed by atoms with Gasteiger partial charge in [-0.05, 0) is 53.3 Å². The lowest BCUT2D eigenvalue weighted by molar-refractivity contribution is -0.175. The molecule has 3 aromatic rings. The van der Waals surface area contributed by atoms with Crippen molar-refractivity contribution in [2.45, 2.75) is 44.4 Å². The summed E-state index contributed by atoms with van der Waals surface area (Å²) >= 11 is 6.01. The predicted octanol–water partition coefficient (Wildman–Crippen LogP) is 5.80. The topological polar surface area (TPSA) is 84.5 Å². The Morgan fingerprint density at radius 2 is 1.43 bits per heavy atom. The second-order valence-electron chi connectivity index (χ2n) is 9.60. The average molecular weight is 575 g/mol. The first-order chi connectivity index (χ1) is 18.9. The number of ether oxygens (including phenoxy) is 1. The van der Waals surface area contributed by atoms with Crippen LogP contribution in [0.3, 0.4) is 0 Å². The van der Waals surface area contributed by atoms with Gasteiger partial charge in [-0.15, -0.1) is 0 Å². The SMILES string of the molecule is COc1ccc([C@@H](Cc2ccc(Cl)cc2)C(=O)NC(C(=O)N[C@H](C(=O)C(F)(F)F)C(C)C)c2ccccc2)cc1.